The number of fused-ring (bicyclic) bond motifs is 2. The number of carbonyl (C=O) groups is 2. The molecule has 2 aliphatic rings. The molecule has 0 aliphatic carbocycles. The highest BCUT2D eigenvalue weighted by Crippen LogP contribution is 2.48. The highest BCUT2D eigenvalue weighted by atomic mass is 19.1. The first-order chi connectivity index (χ1) is 18.2. The second kappa shape index (κ2) is 9.63. The molecule has 0 atom stereocenters. The van der Waals surface area contributed by atoms with Gasteiger partial charge in [0.25, 0.3) is 11.8 Å². The predicted octanol–water partition coefficient (Wildman–Crippen LogP) is 4.83. The SMILES string of the molecule is COc1cc(C(=O)N2CC3(CCN(C(=O)c4c(F)ccc(O)c4F)CC3)c3ccccc32)cc(OC)c1C. The highest BCUT2D eigenvalue weighted by Gasteiger charge is 2.47. The van der Waals surface area contributed by atoms with E-state index in [1.165, 1.54) is 4.90 Å². The molecule has 1 saturated heterocycles. The molecule has 0 radical (unpaired) electrons. The monoisotopic (exact) mass is 522 g/mol. The van der Waals surface area contributed by atoms with Gasteiger partial charge in [-0.05, 0) is 55.7 Å². The fourth-order valence-electron chi connectivity index (χ4n) is 5.64. The maximum atomic E-state index is 14.4. The molecule has 2 heterocycles. The molecule has 2 aliphatic heterocycles. The topological polar surface area (TPSA) is 79.3 Å². The van der Waals surface area contributed by atoms with Crippen molar-refractivity contribution < 1.29 is 33.0 Å². The molecule has 0 saturated carbocycles. The number of para-hydroxylation sites is 1. The number of likely N-dealkylation sites (tertiary alicyclic amines) is 1. The lowest BCUT2D eigenvalue weighted by Crippen LogP contribution is -2.48. The molecule has 5 rings (SSSR count). The van der Waals surface area contributed by atoms with Crippen molar-refractivity contribution in [3.63, 3.8) is 0 Å². The Kier molecular flexibility index (Phi) is 6.46. The van der Waals surface area contributed by atoms with Gasteiger partial charge in [-0.3, -0.25) is 9.59 Å². The molecule has 9 heteroatoms. The van der Waals surface area contributed by atoms with Gasteiger partial charge in [-0.15, -0.1) is 0 Å². The molecule has 7 nitrogen and oxygen atoms in total. The number of phenols is 1. The molecule has 198 valence electrons. The van der Waals surface area contributed by atoms with Crippen LogP contribution in [-0.4, -0.2) is 55.7 Å². The standard InChI is InChI=1S/C29H28F2N2O5/c1-17-23(37-2)14-18(15-24(17)38-3)27(35)33-16-29(19-6-4-5-7-21(19)33)10-12-32(13-11-29)28(36)25-20(30)8-9-22(34)26(25)31/h4-9,14-15,34H,10-13,16H2,1-3H3. The van der Waals surface area contributed by atoms with Crippen molar-refractivity contribution in [2.75, 3.05) is 38.8 Å². The number of hydrogen-bond acceptors (Lipinski definition) is 5. The van der Waals surface area contributed by atoms with E-state index in [1.807, 2.05) is 31.2 Å². The minimum atomic E-state index is -1.26. The zero-order chi connectivity index (χ0) is 27.2. The van der Waals surface area contributed by atoms with E-state index in [0.717, 1.165) is 28.9 Å². The summed E-state index contributed by atoms with van der Waals surface area (Å²) in [5, 5.41) is 9.64. The van der Waals surface area contributed by atoms with Gasteiger partial charge in [0.15, 0.2) is 11.6 Å². The third-order valence-corrected chi connectivity index (χ3v) is 7.76. The van der Waals surface area contributed by atoms with Gasteiger partial charge in [0.1, 0.15) is 22.9 Å². The van der Waals surface area contributed by atoms with Gasteiger partial charge in [0, 0.05) is 41.9 Å². The minimum absolute atomic E-state index is 0.201. The molecule has 1 N–H and O–H groups in total. The third kappa shape index (κ3) is 4.02. The number of piperidine rings is 1. The van der Waals surface area contributed by atoms with Crippen LogP contribution < -0.4 is 14.4 Å². The first kappa shape index (κ1) is 25.5. The van der Waals surface area contributed by atoms with E-state index in [4.69, 9.17) is 9.47 Å². The van der Waals surface area contributed by atoms with Crippen LogP contribution in [0.1, 0.15) is 44.7 Å². The largest absolute Gasteiger partial charge is 0.505 e. The van der Waals surface area contributed by atoms with Crippen LogP contribution in [0.25, 0.3) is 0 Å². The number of nitrogens with zero attached hydrogens (tertiary/aromatic N) is 2. The molecule has 1 spiro atoms. The normalized spacial score (nSPS) is 15.9. The summed E-state index contributed by atoms with van der Waals surface area (Å²) in [6.45, 7) is 2.75. The highest BCUT2D eigenvalue weighted by molar-refractivity contribution is 6.08. The lowest BCUT2D eigenvalue weighted by Gasteiger charge is -2.40. The van der Waals surface area contributed by atoms with Crippen LogP contribution in [0.5, 0.6) is 17.2 Å². The smallest absolute Gasteiger partial charge is 0.259 e. The van der Waals surface area contributed by atoms with Crippen molar-refractivity contribution >= 4 is 17.5 Å². The maximum absolute atomic E-state index is 14.4. The number of phenolic OH excluding ortho intramolecular Hbond substituents is 1. The van der Waals surface area contributed by atoms with Crippen LogP contribution in [0.2, 0.25) is 0 Å². The van der Waals surface area contributed by atoms with E-state index in [1.54, 1.807) is 31.3 Å². The van der Waals surface area contributed by atoms with Crippen LogP contribution in [0.3, 0.4) is 0 Å². The summed E-state index contributed by atoms with van der Waals surface area (Å²) in [4.78, 5) is 29.9. The zero-order valence-electron chi connectivity index (χ0n) is 21.4. The average Bonchev–Trinajstić information content (AvgIpc) is 3.25. The van der Waals surface area contributed by atoms with Crippen molar-refractivity contribution in [2.24, 2.45) is 0 Å². The first-order valence-corrected chi connectivity index (χ1v) is 12.3. The van der Waals surface area contributed by atoms with Gasteiger partial charge in [-0.25, -0.2) is 8.78 Å². The Hall–Kier alpha value is -4.14. The third-order valence-electron chi connectivity index (χ3n) is 7.76. The van der Waals surface area contributed by atoms with Crippen LogP contribution in [-0.2, 0) is 5.41 Å². The second-order valence-corrected chi connectivity index (χ2v) is 9.74. The summed E-state index contributed by atoms with van der Waals surface area (Å²) in [6.07, 6.45) is 1.00. The molecule has 38 heavy (non-hydrogen) atoms. The molecule has 3 aromatic carbocycles. The minimum Gasteiger partial charge on any atom is -0.505 e. The first-order valence-electron chi connectivity index (χ1n) is 12.3. The van der Waals surface area contributed by atoms with Gasteiger partial charge in [-0.2, -0.15) is 0 Å². The van der Waals surface area contributed by atoms with Gasteiger partial charge < -0.3 is 24.4 Å². The number of halogens is 2. The number of rotatable bonds is 4. The van der Waals surface area contributed by atoms with E-state index in [-0.39, 0.29) is 19.0 Å². The number of carbonyl (C=O) groups excluding carboxylic acids is 2. The van der Waals surface area contributed by atoms with Crippen LogP contribution in [0, 0.1) is 18.6 Å². The number of aromatic hydroxyl groups is 1. The predicted molar refractivity (Wildman–Crippen MR) is 137 cm³/mol. The molecule has 2 amide bonds. The second-order valence-electron chi connectivity index (χ2n) is 9.74. The van der Waals surface area contributed by atoms with Crippen molar-refractivity contribution in [3.8, 4) is 17.2 Å². The number of amides is 2. The molecular weight excluding hydrogens is 494 g/mol. The fraction of sp³-hybridized carbons (Fsp3) is 0.310. The Morgan fingerprint density at radius 1 is 0.947 bits per heavy atom. The van der Waals surface area contributed by atoms with Crippen molar-refractivity contribution in [1.29, 1.82) is 0 Å². The maximum Gasteiger partial charge on any atom is 0.259 e. The Labute approximate surface area is 219 Å². The molecule has 0 aromatic heterocycles. The Bertz CT molecular complexity index is 1410. The van der Waals surface area contributed by atoms with Crippen molar-refractivity contribution in [2.45, 2.75) is 25.2 Å². The summed E-state index contributed by atoms with van der Waals surface area (Å²) < 4.78 is 39.6. The zero-order valence-corrected chi connectivity index (χ0v) is 21.4. The van der Waals surface area contributed by atoms with E-state index in [2.05, 4.69) is 0 Å². The van der Waals surface area contributed by atoms with Gasteiger partial charge in [0.05, 0.1) is 14.2 Å². The van der Waals surface area contributed by atoms with Crippen LogP contribution in [0.4, 0.5) is 14.5 Å². The summed E-state index contributed by atoms with van der Waals surface area (Å²) >= 11 is 0. The number of anilines is 1. The van der Waals surface area contributed by atoms with E-state index in [9.17, 15) is 23.5 Å². The van der Waals surface area contributed by atoms with Gasteiger partial charge in [0.2, 0.25) is 0 Å². The fourth-order valence-corrected chi connectivity index (χ4v) is 5.64. The van der Waals surface area contributed by atoms with E-state index < -0.39 is 34.3 Å². The molecule has 3 aromatic rings. The van der Waals surface area contributed by atoms with Gasteiger partial charge >= 0.3 is 0 Å². The summed E-state index contributed by atoms with van der Waals surface area (Å²) in [7, 11) is 3.08. The van der Waals surface area contributed by atoms with Gasteiger partial charge in [-0.1, -0.05) is 18.2 Å². The molecule has 1 fully saturated rings. The summed E-state index contributed by atoms with van der Waals surface area (Å²) in [5.74, 6) is -2.95. The molecule has 0 unspecified atom stereocenters. The number of ether oxygens (including phenoxy) is 2. The summed E-state index contributed by atoms with van der Waals surface area (Å²) in [5.41, 5.74) is 1.84. The lowest BCUT2D eigenvalue weighted by molar-refractivity contribution is 0.0660. The van der Waals surface area contributed by atoms with Crippen LogP contribution >= 0.6 is 0 Å². The Balaban J connectivity index is 1.42. The quantitative estimate of drug-likeness (QED) is 0.531. The molecular formula is C29H28F2N2O5. The van der Waals surface area contributed by atoms with Crippen molar-refractivity contribution in [3.05, 3.63) is 82.4 Å². The van der Waals surface area contributed by atoms with E-state index in [0.29, 0.717) is 36.4 Å². The van der Waals surface area contributed by atoms with Crippen LogP contribution in [0.15, 0.2) is 48.5 Å². The van der Waals surface area contributed by atoms with E-state index >= 15 is 0 Å². The van der Waals surface area contributed by atoms with Crippen molar-refractivity contribution in [1.82, 2.24) is 4.90 Å². The number of hydrogen-bond donors (Lipinski definition) is 1. The lowest BCUT2D eigenvalue weighted by atomic mass is 9.74. The Morgan fingerprint density at radius 2 is 1.58 bits per heavy atom. The number of methoxy groups -OCH3 is 2. The molecule has 0 bridgehead atoms. The average molecular weight is 523 g/mol. The summed E-state index contributed by atoms with van der Waals surface area (Å²) in [6, 6.07) is 12.9. The Morgan fingerprint density at radius 3 is 2.21 bits per heavy atom. The number of benzene rings is 3.